The molecule has 5 heteroatoms. The molecule has 0 aromatic carbocycles. The molecule has 1 heterocycles. The first kappa shape index (κ1) is 14.4. The van der Waals surface area contributed by atoms with E-state index in [0.29, 0.717) is 12.5 Å². The first-order valence-electron chi connectivity index (χ1n) is 6.10. The van der Waals surface area contributed by atoms with Crippen LogP contribution >= 0.6 is 0 Å². The number of nitrogens with one attached hydrogen (secondary N) is 1. The zero-order chi connectivity index (χ0) is 13.9. The van der Waals surface area contributed by atoms with Gasteiger partial charge in [0.2, 0.25) is 0 Å². The summed E-state index contributed by atoms with van der Waals surface area (Å²) < 4.78 is 1.34. The van der Waals surface area contributed by atoms with Gasteiger partial charge in [-0.1, -0.05) is 13.8 Å². The van der Waals surface area contributed by atoms with E-state index in [9.17, 15) is 9.59 Å². The Balaban J connectivity index is 2.98. The quantitative estimate of drug-likeness (QED) is 0.883. The van der Waals surface area contributed by atoms with Gasteiger partial charge in [-0.25, -0.2) is 4.68 Å². The number of carbonyl (C=O) groups is 1. The van der Waals surface area contributed by atoms with Crippen LogP contribution in [0.3, 0.4) is 0 Å². The minimum absolute atomic E-state index is 0.184. The smallest absolute Gasteiger partial charge is 0.272 e. The normalized spacial score (nSPS) is 11.7. The summed E-state index contributed by atoms with van der Waals surface area (Å²) in [5.41, 5.74) is -0.237. The van der Waals surface area contributed by atoms with E-state index in [4.69, 9.17) is 0 Å². The zero-order valence-corrected chi connectivity index (χ0v) is 11.7. The third kappa shape index (κ3) is 4.31. The summed E-state index contributed by atoms with van der Waals surface area (Å²) in [7, 11) is 0. The first-order chi connectivity index (χ1) is 8.19. The molecule has 1 aromatic heterocycles. The van der Waals surface area contributed by atoms with Crippen molar-refractivity contribution in [3.63, 3.8) is 0 Å². The highest BCUT2D eigenvalue weighted by molar-refractivity contribution is 5.92. The van der Waals surface area contributed by atoms with Gasteiger partial charge in [0.05, 0.1) is 0 Å². The lowest BCUT2D eigenvalue weighted by Crippen LogP contribution is -2.41. The molecule has 0 radical (unpaired) electrons. The monoisotopic (exact) mass is 251 g/mol. The highest BCUT2D eigenvalue weighted by Gasteiger charge is 2.17. The van der Waals surface area contributed by atoms with Gasteiger partial charge in [-0.05, 0) is 32.8 Å². The number of nitrogens with zero attached hydrogens (tertiary/aromatic N) is 2. The summed E-state index contributed by atoms with van der Waals surface area (Å²) in [6.07, 6.45) is 0. The van der Waals surface area contributed by atoms with E-state index in [1.54, 1.807) is 0 Å². The lowest BCUT2D eigenvalue weighted by Gasteiger charge is -2.20. The van der Waals surface area contributed by atoms with Crippen molar-refractivity contribution in [3.8, 4) is 0 Å². The van der Waals surface area contributed by atoms with Gasteiger partial charge in [-0.2, -0.15) is 5.10 Å². The fraction of sp³-hybridized carbons (Fsp3) is 0.615. The van der Waals surface area contributed by atoms with Gasteiger partial charge in [0.15, 0.2) is 0 Å². The fourth-order valence-electron chi connectivity index (χ4n) is 1.45. The number of carbonyl (C=O) groups excluding carboxylic acids is 1. The van der Waals surface area contributed by atoms with Crippen LogP contribution in [0.1, 0.15) is 45.1 Å². The summed E-state index contributed by atoms with van der Waals surface area (Å²) in [5, 5.41) is 6.91. The van der Waals surface area contributed by atoms with E-state index in [0.717, 1.165) is 0 Å². The van der Waals surface area contributed by atoms with Crippen LogP contribution in [0.5, 0.6) is 0 Å². The van der Waals surface area contributed by atoms with Crippen molar-refractivity contribution in [1.29, 1.82) is 0 Å². The van der Waals surface area contributed by atoms with Crippen molar-refractivity contribution >= 4 is 5.91 Å². The molecule has 0 spiro atoms. The van der Waals surface area contributed by atoms with Crippen LogP contribution in [0.15, 0.2) is 16.9 Å². The highest BCUT2D eigenvalue weighted by Crippen LogP contribution is 2.02. The van der Waals surface area contributed by atoms with Crippen LogP contribution in [0.4, 0.5) is 0 Å². The Morgan fingerprint density at radius 2 is 2.00 bits per heavy atom. The Morgan fingerprint density at radius 3 is 2.50 bits per heavy atom. The Labute approximate surface area is 107 Å². The second-order valence-corrected chi connectivity index (χ2v) is 5.84. The van der Waals surface area contributed by atoms with Crippen molar-refractivity contribution in [2.75, 3.05) is 0 Å². The van der Waals surface area contributed by atoms with Crippen molar-refractivity contribution in [3.05, 3.63) is 28.2 Å². The molecule has 0 bridgehead atoms. The molecule has 18 heavy (non-hydrogen) atoms. The summed E-state index contributed by atoms with van der Waals surface area (Å²) in [6.45, 7) is 10.2. The van der Waals surface area contributed by atoms with E-state index in [-0.39, 0.29) is 22.7 Å². The summed E-state index contributed by atoms with van der Waals surface area (Å²) in [6, 6.07) is 2.84. The van der Waals surface area contributed by atoms with Crippen LogP contribution in [-0.2, 0) is 6.54 Å². The lowest BCUT2D eigenvalue weighted by molar-refractivity contribution is 0.0911. The minimum atomic E-state index is -0.322. The van der Waals surface area contributed by atoms with Crippen molar-refractivity contribution < 1.29 is 4.79 Å². The van der Waals surface area contributed by atoms with E-state index in [1.807, 2.05) is 34.6 Å². The molecular weight excluding hydrogens is 230 g/mol. The minimum Gasteiger partial charge on any atom is -0.346 e. The predicted octanol–water partition coefficient (Wildman–Crippen LogP) is 1.43. The molecule has 1 aromatic rings. The summed E-state index contributed by atoms with van der Waals surface area (Å²) in [4.78, 5) is 23.5. The average Bonchev–Trinajstić information content (AvgIpc) is 2.17. The van der Waals surface area contributed by atoms with Gasteiger partial charge in [0, 0.05) is 18.2 Å². The SMILES string of the molecule is CC(C)Cn1nc(C(=O)NC(C)(C)C)ccc1=O. The largest absolute Gasteiger partial charge is 0.346 e. The van der Waals surface area contributed by atoms with E-state index < -0.39 is 0 Å². The molecule has 1 rings (SSSR count). The molecular formula is C13H21N3O2. The van der Waals surface area contributed by atoms with Crippen LogP contribution in [-0.4, -0.2) is 21.2 Å². The molecule has 0 unspecified atom stereocenters. The van der Waals surface area contributed by atoms with E-state index in [1.165, 1.54) is 16.8 Å². The van der Waals surface area contributed by atoms with Gasteiger partial charge in [-0.15, -0.1) is 0 Å². The topological polar surface area (TPSA) is 64.0 Å². The predicted molar refractivity (Wildman–Crippen MR) is 70.6 cm³/mol. The molecule has 100 valence electrons. The summed E-state index contributed by atoms with van der Waals surface area (Å²) >= 11 is 0. The van der Waals surface area contributed by atoms with Crippen molar-refractivity contribution in [2.24, 2.45) is 5.92 Å². The second kappa shape index (κ2) is 5.33. The average molecular weight is 251 g/mol. The number of rotatable bonds is 3. The van der Waals surface area contributed by atoms with Crippen LogP contribution in [0, 0.1) is 5.92 Å². The Morgan fingerprint density at radius 1 is 1.39 bits per heavy atom. The first-order valence-corrected chi connectivity index (χ1v) is 6.10. The maximum absolute atomic E-state index is 11.9. The van der Waals surface area contributed by atoms with Crippen molar-refractivity contribution in [2.45, 2.75) is 46.7 Å². The van der Waals surface area contributed by atoms with Crippen molar-refractivity contribution in [1.82, 2.24) is 15.1 Å². The Bertz CT molecular complexity index is 484. The lowest BCUT2D eigenvalue weighted by atomic mass is 10.1. The Kier molecular flexibility index (Phi) is 4.27. The molecule has 0 saturated heterocycles. The van der Waals surface area contributed by atoms with Gasteiger partial charge < -0.3 is 5.32 Å². The molecule has 1 N–H and O–H groups in total. The number of aromatic nitrogens is 2. The van der Waals surface area contributed by atoms with Crippen LogP contribution < -0.4 is 10.9 Å². The molecule has 5 nitrogen and oxygen atoms in total. The zero-order valence-electron chi connectivity index (χ0n) is 11.7. The van der Waals surface area contributed by atoms with E-state index in [2.05, 4.69) is 10.4 Å². The molecule has 0 saturated carbocycles. The third-order valence-corrected chi connectivity index (χ3v) is 2.13. The Hall–Kier alpha value is -1.65. The van der Waals surface area contributed by atoms with Gasteiger partial charge in [0.25, 0.3) is 11.5 Å². The van der Waals surface area contributed by atoms with Crippen LogP contribution in [0.25, 0.3) is 0 Å². The van der Waals surface area contributed by atoms with E-state index >= 15 is 0 Å². The second-order valence-electron chi connectivity index (χ2n) is 5.84. The number of hydrogen-bond donors (Lipinski definition) is 1. The molecule has 0 atom stereocenters. The van der Waals surface area contributed by atoms with Gasteiger partial charge in [0.1, 0.15) is 5.69 Å². The maximum Gasteiger partial charge on any atom is 0.272 e. The van der Waals surface area contributed by atoms with Gasteiger partial charge in [-0.3, -0.25) is 9.59 Å². The molecule has 1 amide bonds. The number of amides is 1. The van der Waals surface area contributed by atoms with Gasteiger partial charge >= 0.3 is 0 Å². The molecule has 0 aliphatic carbocycles. The number of hydrogen-bond acceptors (Lipinski definition) is 3. The van der Waals surface area contributed by atoms with Crippen LogP contribution in [0.2, 0.25) is 0 Å². The summed E-state index contributed by atoms with van der Waals surface area (Å²) in [5.74, 6) is 0.0381. The molecule has 0 aliphatic rings. The maximum atomic E-state index is 11.9. The fourth-order valence-corrected chi connectivity index (χ4v) is 1.45. The molecule has 0 aliphatic heterocycles. The molecule has 0 fully saturated rings. The third-order valence-electron chi connectivity index (χ3n) is 2.13. The highest BCUT2D eigenvalue weighted by atomic mass is 16.2. The standard InChI is InChI=1S/C13H21N3O2/c1-9(2)8-16-11(17)7-6-10(15-16)12(18)14-13(3,4)5/h6-7,9H,8H2,1-5H3,(H,14,18).